The molecule has 4 rings (SSSR count). The van der Waals surface area contributed by atoms with E-state index >= 15 is 0 Å². The molecule has 1 saturated heterocycles. The zero-order valence-corrected chi connectivity index (χ0v) is 18.3. The quantitative estimate of drug-likeness (QED) is 0.518. The van der Waals surface area contributed by atoms with E-state index in [2.05, 4.69) is 0 Å². The number of fused-ring (bicyclic) bond motifs is 1. The van der Waals surface area contributed by atoms with E-state index in [0.717, 1.165) is 39.3 Å². The van der Waals surface area contributed by atoms with Crippen LogP contribution in [0.15, 0.2) is 29.2 Å². The van der Waals surface area contributed by atoms with E-state index in [1.54, 1.807) is 13.0 Å². The molecule has 31 heavy (non-hydrogen) atoms. The number of ether oxygens (including phenoxy) is 3. The van der Waals surface area contributed by atoms with Gasteiger partial charge in [-0.2, -0.15) is 0 Å². The molecule has 0 saturated carbocycles. The number of aryl methyl sites for hydroxylation is 1. The number of esters is 1. The van der Waals surface area contributed by atoms with Crippen molar-refractivity contribution >= 4 is 35.0 Å². The summed E-state index contributed by atoms with van der Waals surface area (Å²) in [5, 5.41) is -0.482. The topological polar surface area (TPSA) is 87.1 Å². The molecule has 0 atom stereocenters. The fourth-order valence-electron chi connectivity index (χ4n) is 3.62. The molecule has 1 fully saturated rings. The van der Waals surface area contributed by atoms with E-state index in [4.69, 9.17) is 14.2 Å². The first kappa shape index (κ1) is 21.0. The van der Waals surface area contributed by atoms with Crippen LogP contribution in [-0.2, 0) is 14.3 Å². The van der Waals surface area contributed by atoms with Gasteiger partial charge in [-0.1, -0.05) is 0 Å². The minimum absolute atomic E-state index is 0.191. The van der Waals surface area contributed by atoms with Gasteiger partial charge in [-0.25, -0.2) is 0 Å². The lowest BCUT2D eigenvalue weighted by Crippen LogP contribution is -2.34. The first-order chi connectivity index (χ1) is 14.9. The van der Waals surface area contributed by atoms with Crippen molar-refractivity contribution < 1.29 is 28.6 Å². The summed E-state index contributed by atoms with van der Waals surface area (Å²) in [5.74, 6) is 0.306. The highest BCUT2D eigenvalue weighted by molar-refractivity contribution is 8.18. The van der Waals surface area contributed by atoms with Crippen LogP contribution in [0.2, 0.25) is 0 Å². The molecule has 0 N–H and O–H groups in total. The Morgan fingerprint density at radius 3 is 2.65 bits per heavy atom. The van der Waals surface area contributed by atoms with Gasteiger partial charge >= 0.3 is 5.97 Å². The standard InChI is InChI=1S/C22H22N2O6S/c1-4-28-20(25)12-23-21(26)19(31-22(23)27)10-15-9-13(2)24(14(15)3)16-5-6-17-18(11-16)30-8-7-29-17/h5-6,9-11H,4,7-8,12H2,1-3H3/b19-10-. The van der Waals surface area contributed by atoms with Crippen molar-refractivity contribution in [2.75, 3.05) is 26.4 Å². The highest BCUT2D eigenvalue weighted by atomic mass is 32.2. The number of hydrogen-bond donors (Lipinski definition) is 0. The summed E-state index contributed by atoms with van der Waals surface area (Å²) in [6, 6.07) is 7.70. The molecule has 1 aromatic carbocycles. The molecule has 0 aliphatic carbocycles. The molecule has 9 heteroatoms. The third-order valence-corrected chi connectivity index (χ3v) is 5.91. The van der Waals surface area contributed by atoms with E-state index in [9.17, 15) is 14.4 Å². The largest absolute Gasteiger partial charge is 0.486 e. The molecular formula is C22H22N2O6S. The Bertz CT molecular complexity index is 1100. The molecule has 0 radical (unpaired) electrons. The Balaban J connectivity index is 1.62. The van der Waals surface area contributed by atoms with Crippen LogP contribution in [0.1, 0.15) is 23.9 Å². The van der Waals surface area contributed by atoms with E-state index in [1.807, 2.05) is 42.7 Å². The van der Waals surface area contributed by atoms with Crippen LogP contribution in [0.3, 0.4) is 0 Å². The Labute approximate surface area is 183 Å². The summed E-state index contributed by atoms with van der Waals surface area (Å²) in [5.41, 5.74) is 3.60. The fraction of sp³-hybridized carbons (Fsp3) is 0.318. The normalized spacial score (nSPS) is 16.9. The second-order valence-corrected chi connectivity index (χ2v) is 8.06. The second-order valence-electron chi connectivity index (χ2n) is 7.06. The van der Waals surface area contributed by atoms with Crippen LogP contribution in [0.5, 0.6) is 11.5 Å². The Hall–Kier alpha value is -3.20. The lowest BCUT2D eigenvalue weighted by Gasteiger charge is -2.20. The zero-order valence-electron chi connectivity index (χ0n) is 17.5. The molecule has 3 heterocycles. The summed E-state index contributed by atoms with van der Waals surface area (Å²) in [6.07, 6.45) is 1.69. The van der Waals surface area contributed by atoms with Crippen molar-refractivity contribution in [1.29, 1.82) is 0 Å². The number of carbonyl (C=O) groups excluding carboxylic acids is 3. The molecule has 2 aliphatic rings. The Morgan fingerprint density at radius 2 is 1.90 bits per heavy atom. The van der Waals surface area contributed by atoms with E-state index in [0.29, 0.717) is 24.7 Å². The summed E-state index contributed by atoms with van der Waals surface area (Å²) in [4.78, 5) is 37.8. The third kappa shape index (κ3) is 4.05. The number of aromatic nitrogens is 1. The predicted molar refractivity (Wildman–Crippen MR) is 116 cm³/mol. The van der Waals surface area contributed by atoms with Crippen LogP contribution >= 0.6 is 11.8 Å². The number of hydrogen-bond acceptors (Lipinski definition) is 7. The average Bonchev–Trinajstić information content (AvgIpc) is 3.17. The van der Waals surface area contributed by atoms with Gasteiger partial charge < -0.3 is 18.8 Å². The van der Waals surface area contributed by atoms with Crippen LogP contribution in [0.4, 0.5) is 4.79 Å². The molecule has 0 spiro atoms. The van der Waals surface area contributed by atoms with Crippen LogP contribution in [-0.4, -0.2) is 52.9 Å². The summed E-state index contributed by atoms with van der Waals surface area (Å²) >= 11 is 0.820. The van der Waals surface area contributed by atoms with Gasteiger partial charge in [-0.3, -0.25) is 19.3 Å². The molecule has 0 unspecified atom stereocenters. The molecular weight excluding hydrogens is 420 g/mol. The van der Waals surface area contributed by atoms with Gasteiger partial charge in [0.2, 0.25) is 0 Å². The number of rotatable bonds is 5. The summed E-state index contributed by atoms with van der Waals surface area (Å²) < 4.78 is 18.2. The highest BCUT2D eigenvalue weighted by Gasteiger charge is 2.36. The third-order valence-electron chi connectivity index (χ3n) is 5.01. The number of amides is 2. The van der Waals surface area contributed by atoms with Crippen molar-refractivity contribution in [3.8, 4) is 17.2 Å². The Morgan fingerprint density at radius 1 is 1.16 bits per heavy atom. The smallest absolute Gasteiger partial charge is 0.326 e. The second kappa shape index (κ2) is 8.50. The van der Waals surface area contributed by atoms with Gasteiger partial charge in [0.1, 0.15) is 19.8 Å². The molecule has 2 amide bonds. The summed E-state index contributed by atoms with van der Waals surface area (Å²) in [7, 11) is 0. The van der Waals surface area contributed by atoms with Gasteiger partial charge in [0.05, 0.1) is 11.5 Å². The van der Waals surface area contributed by atoms with Crippen molar-refractivity contribution in [3.05, 3.63) is 46.1 Å². The SMILES string of the molecule is CCOC(=O)CN1C(=O)S/C(=C\c2cc(C)n(-c3ccc4c(c3)OCCO4)c2C)C1=O. The molecule has 2 aromatic rings. The van der Waals surface area contributed by atoms with Crippen molar-refractivity contribution in [1.82, 2.24) is 9.47 Å². The minimum atomic E-state index is -0.608. The lowest BCUT2D eigenvalue weighted by molar-refractivity contribution is -0.145. The van der Waals surface area contributed by atoms with E-state index in [-0.39, 0.29) is 18.1 Å². The van der Waals surface area contributed by atoms with Crippen molar-refractivity contribution in [2.45, 2.75) is 20.8 Å². The monoisotopic (exact) mass is 442 g/mol. The van der Waals surface area contributed by atoms with Crippen LogP contribution in [0.25, 0.3) is 11.8 Å². The van der Waals surface area contributed by atoms with Crippen LogP contribution < -0.4 is 9.47 Å². The van der Waals surface area contributed by atoms with Gasteiger partial charge in [-0.05, 0) is 62.4 Å². The lowest BCUT2D eigenvalue weighted by atomic mass is 10.2. The maximum atomic E-state index is 12.7. The zero-order chi connectivity index (χ0) is 22.1. The number of benzene rings is 1. The number of nitrogens with zero attached hydrogens (tertiary/aromatic N) is 2. The number of carbonyl (C=O) groups is 3. The maximum Gasteiger partial charge on any atom is 0.326 e. The summed E-state index contributed by atoms with van der Waals surface area (Å²) in [6.45, 7) is 6.42. The van der Waals surface area contributed by atoms with Crippen molar-refractivity contribution in [2.24, 2.45) is 0 Å². The first-order valence-corrected chi connectivity index (χ1v) is 10.7. The van der Waals surface area contributed by atoms with E-state index in [1.165, 1.54) is 0 Å². The van der Waals surface area contributed by atoms with Crippen LogP contribution in [0, 0.1) is 13.8 Å². The minimum Gasteiger partial charge on any atom is -0.486 e. The Kier molecular flexibility index (Phi) is 5.77. The highest BCUT2D eigenvalue weighted by Crippen LogP contribution is 2.36. The fourth-order valence-corrected chi connectivity index (χ4v) is 4.44. The molecule has 162 valence electrons. The molecule has 1 aromatic heterocycles. The predicted octanol–water partition coefficient (Wildman–Crippen LogP) is 3.46. The van der Waals surface area contributed by atoms with Gasteiger partial charge in [0, 0.05) is 23.1 Å². The van der Waals surface area contributed by atoms with Crippen molar-refractivity contribution in [3.63, 3.8) is 0 Å². The van der Waals surface area contributed by atoms with Gasteiger partial charge in [0.25, 0.3) is 11.1 Å². The molecule has 2 aliphatic heterocycles. The van der Waals surface area contributed by atoms with Gasteiger partial charge in [0.15, 0.2) is 11.5 Å². The molecule has 0 bridgehead atoms. The maximum absolute atomic E-state index is 12.7. The molecule has 8 nitrogen and oxygen atoms in total. The van der Waals surface area contributed by atoms with E-state index < -0.39 is 17.1 Å². The van der Waals surface area contributed by atoms with Gasteiger partial charge in [-0.15, -0.1) is 0 Å². The number of imide groups is 1. The first-order valence-electron chi connectivity index (χ1n) is 9.89. The average molecular weight is 442 g/mol. The number of thioether (sulfide) groups is 1.